The molecule has 1 aromatic heterocycles. The Bertz CT molecular complexity index is 1140. The highest BCUT2D eigenvalue weighted by molar-refractivity contribution is 6.00. The van der Waals surface area contributed by atoms with E-state index in [1.54, 1.807) is 18.0 Å². The fourth-order valence-electron chi connectivity index (χ4n) is 4.55. The molecule has 2 aliphatic rings. The van der Waals surface area contributed by atoms with Gasteiger partial charge in [0.1, 0.15) is 11.9 Å². The number of aryl methyl sites for hydroxylation is 1. The minimum atomic E-state index is -0.905. The second-order valence-corrected chi connectivity index (χ2v) is 8.14. The van der Waals surface area contributed by atoms with Crippen molar-refractivity contribution in [3.63, 3.8) is 0 Å². The van der Waals surface area contributed by atoms with Crippen molar-refractivity contribution in [2.24, 2.45) is 7.05 Å². The monoisotopic (exact) mass is 433 g/mol. The van der Waals surface area contributed by atoms with Crippen LogP contribution in [0.2, 0.25) is 0 Å². The lowest BCUT2D eigenvalue weighted by atomic mass is 10.1. The number of anilines is 1. The second-order valence-electron chi connectivity index (χ2n) is 8.14. The molecule has 3 heterocycles. The summed E-state index contributed by atoms with van der Waals surface area (Å²) in [7, 11) is 1.56. The van der Waals surface area contributed by atoms with Crippen LogP contribution in [0.5, 0.6) is 0 Å². The van der Waals surface area contributed by atoms with Crippen LogP contribution in [-0.2, 0) is 21.4 Å². The molecule has 2 aromatic rings. The Balaban J connectivity index is 1.71. The van der Waals surface area contributed by atoms with Gasteiger partial charge in [-0.1, -0.05) is 0 Å². The first-order chi connectivity index (χ1) is 14.7. The van der Waals surface area contributed by atoms with Crippen LogP contribution in [0.3, 0.4) is 0 Å². The number of piperidine rings is 1. The van der Waals surface area contributed by atoms with E-state index in [-0.39, 0.29) is 31.3 Å². The molecule has 0 spiro atoms. The van der Waals surface area contributed by atoms with E-state index in [1.807, 2.05) is 11.8 Å². The van der Waals surface area contributed by atoms with Gasteiger partial charge in [0.2, 0.25) is 11.8 Å². The van der Waals surface area contributed by atoms with Crippen molar-refractivity contribution in [1.82, 2.24) is 19.4 Å². The number of hydrogen-bond acceptors (Lipinski definition) is 6. The second kappa shape index (κ2) is 7.80. The molecule has 0 radical (unpaired) electrons. The third kappa shape index (κ3) is 3.69. The fraction of sp³-hybridized carbons (Fsp3) is 0.500. The smallest absolute Gasteiger partial charge is 0.329 e. The van der Waals surface area contributed by atoms with Crippen molar-refractivity contribution in [2.75, 3.05) is 31.1 Å². The summed E-state index contributed by atoms with van der Waals surface area (Å²) in [4.78, 5) is 51.3. The number of rotatable bonds is 4. The number of carbonyl (C=O) groups excluding carboxylic acids is 2. The Morgan fingerprint density at radius 3 is 2.61 bits per heavy atom. The molecular weight excluding hydrogens is 409 g/mol. The molecule has 1 aromatic carbocycles. The van der Waals surface area contributed by atoms with E-state index in [1.165, 1.54) is 15.2 Å². The number of nitrogens with zero attached hydrogens (tertiary/aromatic N) is 4. The number of carboxylic acids is 1. The lowest BCUT2D eigenvalue weighted by molar-refractivity contribution is -0.139. The molecule has 166 valence electrons. The summed E-state index contributed by atoms with van der Waals surface area (Å²) >= 11 is 0. The molecular formula is C20H24FN5O5. The minimum absolute atomic E-state index is 0.0665. The summed E-state index contributed by atoms with van der Waals surface area (Å²) in [5.74, 6) is -2.40. The zero-order valence-electron chi connectivity index (χ0n) is 17.3. The summed E-state index contributed by atoms with van der Waals surface area (Å²) in [6.45, 7) is 3.22. The van der Waals surface area contributed by atoms with Gasteiger partial charge in [-0.2, -0.15) is 0 Å². The number of fused-ring (bicyclic) bond motifs is 1. The SMILES string of the molecule is C[C@@H]1CN(CC(=O)O)CCN1c1cc2c(cc1F)n(C1CCC(=O)NC1=O)c(=O)n2C. The molecule has 2 amide bonds. The molecule has 4 rings (SSSR count). The average Bonchev–Trinajstić information content (AvgIpc) is 2.91. The molecule has 0 saturated carbocycles. The van der Waals surface area contributed by atoms with E-state index >= 15 is 4.39 Å². The number of aromatic nitrogens is 2. The van der Waals surface area contributed by atoms with Crippen molar-refractivity contribution in [3.05, 3.63) is 28.4 Å². The number of benzene rings is 1. The van der Waals surface area contributed by atoms with Crippen LogP contribution < -0.4 is 15.9 Å². The molecule has 2 saturated heterocycles. The van der Waals surface area contributed by atoms with Crippen molar-refractivity contribution in [3.8, 4) is 0 Å². The highest BCUT2D eigenvalue weighted by Gasteiger charge is 2.33. The highest BCUT2D eigenvalue weighted by Crippen LogP contribution is 2.30. The van der Waals surface area contributed by atoms with Crippen LogP contribution in [0.1, 0.15) is 25.8 Å². The van der Waals surface area contributed by atoms with Gasteiger partial charge in [-0.3, -0.25) is 33.7 Å². The first-order valence-electron chi connectivity index (χ1n) is 10.1. The number of carbonyl (C=O) groups is 3. The van der Waals surface area contributed by atoms with E-state index in [0.29, 0.717) is 36.4 Å². The first-order valence-corrected chi connectivity index (χ1v) is 10.1. The van der Waals surface area contributed by atoms with Crippen molar-refractivity contribution in [1.29, 1.82) is 0 Å². The van der Waals surface area contributed by atoms with Gasteiger partial charge in [0.15, 0.2) is 0 Å². The molecule has 10 nitrogen and oxygen atoms in total. The van der Waals surface area contributed by atoms with Gasteiger partial charge < -0.3 is 10.0 Å². The van der Waals surface area contributed by atoms with Crippen LogP contribution in [0.25, 0.3) is 11.0 Å². The predicted molar refractivity (Wildman–Crippen MR) is 109 cm³/mol. The maximum absolute atomic E-state index is 15.2. The topological polar surface area (TPSA) is 117 Å². The summed E-state index contributed by atoms with van der Waals surface area (Å²) in [5.41, 5.74) is 0.637. The maximum Gasteiger partial charge on any atom is 0.329 e. The number of imidazole rings is 1. The predicted octanol–water partition coefficient (Wildman–Crippen LogP) is 0.0519. The minimum Gasteiger partial charge on any atom is -0.480 e. The number of nitrogens with one attached hydrogen (secondary N) is 1. The summed E-state index contributed by atoms with van der Waals surface area (Å²) in [6.07, 6.45) is 0.285. The Morgan fingerprint density at radius 2 is 1.97 bits per heavy atom. The van der Waals surface area contributed by atoms with Gasteiger partial charge in [0.25, 0.3) is 0 Å². The number of carboxylic acid groups (broad SMARTS) is 1. The highest BCUT2D eigenvalue weighted by atomic mass is 19.1. The molecule has 2 N–H and O–H groups in total. The fourth-order valence-corrected chi connectivity index (χ4v) is 4.55. The molecule has 0 aliphatic carbocycles. The van der Waals surface area contributed by atoms with E-state index in [2.05, 4.69) is 5.32 Å². The number of imide groups is 1. The van der Waals surface area contributed by atoms with Gasteiger partial charge in [-0.15, -0.1) is 0 Å². The van der Waals surface area contributed by atoms with E-state index in [0.717, 1.165) is 0 Å². The lowest BCUT2D eigenvalue weighted by Crippen LogP contribution is -2.53. The van der Waals surface area contributed by atoms with Crippen molar-refractivity contribution < 1.29 is 23.9 Å². The average molecular weight is 433 g/mol. The first kappa shape index (κ1) is 21.0. The van der Waals surface area contributed by atoms with Crippen LogP contribution in [0.4, 0.5) is 10.1 Å². The molecule has 2 atom stereocenters. The van der Waals surface area contributed by atoms with Crippen LogP contribution in [0.15, 0.2) is 16.9 Å². The Labute approximate surface area is 176 Å². The third-order valence-electron chi connectivity index (χ3n) is 6.06. The molecule has 31 heavy (non-hydrogen) atoms. The van der Waals surface area contributed by atoms with Crippen LogP contribution in [-0.4, -0.2) is 69.1 Å². The van der Waals surface area contributed by atoms with E-state index in [4.69, 9.17) is 5.11 Å². The Hall–Kier alpha value is -3.21. The molecule has 0 bridgehead atoms. The Morgan fingerprint density at radius 1 is 1.23 bits per heavy atom. The molecule has 1 unspecified atom stereocenters. The van der Waals surface area contributed by atoms with Gasteiger partial charge in [-0.05, 0) is 19.4 Å². The number of aliphatic carboxylic acids is 1. The zero-order chi connectivity index (χ0) is 22.4. The van der Waals surface area contributed by atoms with E-state index in [9.17, 15) is 19.2 Å². The lowest BCUT2D eigenvalue weighted by Gasteiger charge is -2.40. The summed E-state index contributed by atoms with van der Waals surface area (Å²) in [6, 6.07) is 1.84. The van der Waals surface area contributed by atoms with Gasteiger partial charge >= 0.3 is 11.7 Å². The van der Waals surface area contributed by atoms with Crippen LogP contribution >= 0.6 is 0 Å². The maximum atomic E-state index is 15.2. The number of amides is 2. The van der Waals surface area contributed by atoms with E-state index < -0.39 is 29.4 Å². The van der Waals surface area contributed by atoms with Gasteiger partial charge in [0.05, 0.1) is 23.3 Å². The van der Waals surface area contributed by atoms with Gasteiger partial charge in [0, 0.05) is 45.2 Å². The Kier molecular flexibility index (Phi) is 5.29. The number of hydrogen-bond donors (Lipinski definition) is 2. The largest absolute Gasteiger partial charge is 0.480 e. The summed E-state index contributed by atoms with van der Waals surface area (Å²) in [5, 5.41) is 11.2. The van der Waals surface area contributed by atoms with Gasteiger partial charge in [-0.25, -0.2) is 9.18 Å². The zero-order valence-corrected chi connectivity index (χ0v) is 17.3. The molecule has 11 heteroatoms. The summed E-state index contributed by atoms with van der Waals surface area (Å²) < 4.78 is 17.8. The standard InChI is InChI=1S/C20H24FN5O5/c1-11-9-24(10-18(28)29)5-6-25(11)14-8-15-16(7-12(14)21)26(20(31)23(15)2)13-3-4-17(27)22-19(13)30/h7-8,11,13H,3-6,9-10H2,1-2H3,(H,28,29)(H,22,27,30)/t11-,13?/m1/s1. The van der Waals surface area contributed by atoms with Crippen LogP contribution in [0, 0.1) is 5.82 Å². The quantitative estimate of drug-likeness (QED) is 0.655. The van der Waals surface area contributed by atoms with Crippen molar-refractivity contribution >= 4 is 34.5 Å². The van der Waals surface area contributed by atoms with Crippen molar-refractivity contribution in [2.45, 2.75) is 31.8 Å². The molecule has 2 fully saturated rings. The normalized spacial score (nSPS) is 22.7. The number of halogens is 1. The number of piperazine rings is 1. The molecule has 2 aliphatic heterocycles. The third-order valence-corrected chi connectivity index (χ3v) is 6.06.